The molecule has 0 aliphatic carbocycles. The molecule has 2 aromatic carbocycles. The van der Waals surface area contributed by atoms with E-state index in [-0.39, 0.29) is 11.9 Å². The largest absolute Gasteiger partial charge is 0.324 e. The van der Waals surface area contributed by atoms with E-state index in [2.05, 4.69) is 46.4 Å². The number of amides is 1. The van der Waals surface area contributed by atoms with Gasteiger partial charge < -0.3 is 5.32 Å². The summed E-state index contributed by atoms with van der Waals surface area (Å²) in [7, 11) is 1.97. The van der Waals surface area contributed by atoms with Crippen LogP contribution < -0.4 is 5.32 Å². The van der Waals surface area contributed by atoms with E-state index in [4.69, 9.17) is 0 Å². The molecule has 2 rings (SSSR count). The summed E-state index contributed by atoms with van der Waals surface area (Å²) in [5.74, 6) is 0.0135. The van der Waals surface area contributed by atoms with Crippen LogP contribution >= 0.6 is 15.9 Å². The van der Waals surface area contributed by atoms with Crippen molar-refractivity contribution in [3.63, 3.8) is 0 Å². The summed E-state index contributed by atoms with van der Waals surface area (Å²) in [4.78, 5) is 14.7. The van der Waals surface area contributed by atoms with Crippen molar-refractivity contribution in [1.29, 1.82) is 0 Å². The highest BCUT2D eigenvalue weighted by molar-refractivity contribution is 9.10. The number of hydrogen-bond donors (Lipinski definition) is 1. The smallest absolute Gasteiger partial charge is 0.241 e. The van der Waals surface area contributed by atoms with Crippen LogP contribution in [0.2, 0.25) is 0 Å². The Morgan fingerprint density at radius 2 is 1.75 bits per heavy atom. The van der Waals surface area contributed by atoms with Gasteiger partial charge in [-0.2, -0.15) is 0 Å². The van der Waals surface area contributed by atoms with Crippen molar-refractivity contribution in [3.8, 4) is 0 Å². The second-order valence-corrected chi connectivity index (χ2v) is 7.30. The van der Waals surface area contributed by atoms with Crippen molar-refractivity contribution < 1.29 is 4.79 Å². The van der Waals surface area contributed by atoms with Crippen LogP contribution in [-0.4, -0.2) is 23.9 Å². The van der Waals surface area contributed by atoms with E-state index in [1.54, 1.807) is 0 Å². The molecule has 4 heteroatoms. The fraction of sp³-hybridized carbons (Fsp3) is 0.350. The minimum atomic E-state index is -0.225. The van der Waals surface area contributed by atoms with Crippen molar-refractivity contribution in [2.45, 2.75) is 40.3 Å². The van der Waals surface area contributed by atoms with Crippen LogP contribution in [0.3, 0.4) is 0 Å². The van der Waals surface area contributed by atoms with Gasteiger partial charge in [0.05, 0.1) is 6.04 Å². The molecule has 0 fully saturated rings. The number of anilines is 1. The van der Waals surface area contributed by atoms with Crippen molar-refractivity contribution >= 4 is 27.5 Å². The number of carbonyl (C=O) groups is 1. The molecule has 0 aliphatic rings. The summed E-state index contributed by atoms with van der Waals surface area (Å²) in [6.45, 7) is 8.78. The number of nitrogens with one attached hydrogen (secondary N) is 1. The molecule has 0 saturated heterocycles. The zero-order chi connectivity index (χ0) is 17.9. The van der Waals surface area contributed by atoms with Crippen molar-refractivity contribution in [1.82, 2.24) is 4.90 Å². The Bertz CT molecular complexity index is 719. The normalized spacial score (nSPS) is 12.3. The Hall–Kier alpha value is -1.65. The molecule has 0 bridgehead atoms. The topological polar surface area (TPSA) is 32.3 Å². The van der Waals surface area contributed by atoms with Crippen LogP contribution in [0.4, 0.5) is 5.69 Å². The summed E-state index contributed by atoms with van der Waals surface area (Å²) in [5.41, 5.74) is 5.50. The average Bonchev–Trinajstić information content (AvgIpc) is 2.52. The second-order valence-electron chi connectivity index (χ2n) is 6.45. The van der Waals surface area contributed by atoms with Crippen molar-refractivity contribution in [2.75, 3.05) is 12.4 Å². The molecule has 0 saturated carbocycles. The van der Waals surface area contributed by atoms with Gasteiger partial charge in [-0.05, 0) is 57.5 Å². The van der Waals surface area contributed by atoms with E-state index in [9.17, 15) is 4.79 Å². The highest BCUT2D eigenvalue weighted by Gasteiger charge is 2.20. The van der Waals surface area contributed by atoms with Gasteiger partial charge in [-0.15, -0.1) is 0 Å². The quantitative estimate of drug-likeness (QED) is 0.794. The number of likely N-dealkylation sites (N-methyl/N-ethyl adjacent to an activating group) is 1. The van der Waals surface area contributed by atoms with Crippen LogP contribution in [0.25, 0.3) is 0 Å². The molecular formula is C20H25BrN2O. The van der Waals surface area contributed by atoms with Crippen LogP contribution in [-0.2, 0) is 11.3 Å². The van der Waals surface area contributed by atoms with Gasteiger partial charge in [0.2, 0.25) is 5.91 Å². The SMILES string of the molecule is Cc1cc(C)c(NC(=O)C(C)N(C)Cc2ccccc2Br)c(C)c1. The molecule has 2 aromatic rings. The second kappa shape index (κ2) is 7.95. The third-order valence-corrected chi connectivity index (χ3v) is 5.12. The molecule has 0 aliphatic heterocycles. The van der Waals surface area contributed by atoms with E-state index < -0.39 is 0 Å². The van der Waals surface area contributed by atoms with Crippen LogP contribution in [0.15, 0.2) is 40.9 Å². The summed E-state index contributed by atoms with van der Waals surface area (Å²) >= 11 is 3.56. The number of carbonyl (C=O) groups excluding carboxylic acids is 1. The summed E-state index contributed by atoms with van der Waals surface area (Å²) < 4.78 is 1.06. The molecule has 1 atom stereocenters. The molecule has 1 unspecified atom stereocenters. The van der Waals surface area contributed by atoms with Gasteiger partial charge >= 0.3 is 0 Å². The number of hydrogen-bond acceptors (Lipinski definition) is 2. The molecule has 3 nitrogen and oxygen atoms in total. The minimum Gasteiger partial charge on any atom is -0.324 e. The Labute approximate surface area is 153 Å². The molecule has 0 radical (unpaired) electrons. The summed E-state index contributed by atoms with van der Waals surface area (Å²) in [5, 5.41) is 3.09. The first-order chi connectivity index (χ1) is 11.3. The van der Waals surface area contributed by atoms with Crippen LogP contribution in [0.5, 0.6) is 0 Å². The number of aryl methyl sites for hydroxylation is 3. The van der Waals surface area contributed by atoms with Gasteiger partial charge in [0.15, 0.2) is 0 Å². The standard InChI is InChI=1S/C20H25BrN2O/c1-13-10-14(2)19(15(3)11-13)22-20(24)16(4)23(5)12-17-8-6-7-9-18(17)21/h6-11,16H,12H2,1-5H3,(H,22,24). The number of nitrogens with zero attached hydrogens (tertiary/aromatic N) is 1. The lowest BCUT2D eigenvalue weighted by molar-refractivity contribution is -0.120. The highest BCUT2D eigenvalue weighted by atomic mass is 79.9. The first-order valence-electron chi connectivity index (χ1n) is 8.12. The third-order valence-electron chi connectivity index (χ3n) is 4.34. The predicted molar refractivity (Wildman–Crippen MR) is 104 cm³/mol. The van der Waals surface area contributed by atoms with Gasteiger partial charge in [-0.1, -0.05) is 51.8 Å². The maximum Gasteiger partial charge on any atom is 0.241 e. The molecule has 1 N–H and O–H groups in total. The molecule has 0 aromatic heterocycles. The maximum atomic E-state index is 12.7. The molecular weight excluding hydrogens is 364 g/mol. The van der Waals surface area contributed by atoms with Gasteiger partial charge in [0, 0.05) is 16.7 Å². The highest BCUT2D eigenvalue weighted by Crippen LogP contribution is 2.23. The van der Waals surface area contributed by atoms with Crippen LogP contribution in [0.1, 0.15) is 29.2 Å². The lowest BCUT2D eigenvalue weighted by Gasteiger charge is -2.25. The molecule has 0 heterocycles. The lowest BCUT2D eigenvalue weighted by Crippen LogP contribution is -2.39. The average molecular weight is 389 g/mol. The zero-order valence-corrected chi connectivity index (χ0v) is 16.6. The summed E-state index contributed by atoms with van der Waals surface area (Å²) in [6, 6.07) is 12.1. The third kappa shape index (κ3) is 4.46. The van der Waals surface area contributed by atoms with Crippen LogP contribution in [0, 0.1) is 20.8 Å². The Morgan fingerprint density at radius 1 is 1.17 bits per heavy atom. The fourth-order valence-electron chi connectivity index (χ4n) is 2.84. The number of halogens is 1. The molecule has 24 heavy (non-hydrogen) atoms. The van der Waals surface area contributed by atoms with E-state index >= 15 is 0 Å². The Kier molecular flexibility index (Phi) is 6.19. The minimum absolute atomic E-state index is 0.0135. The Balaban J connectivity index is 2.08. The first-order valence-corrected chi connectivity index (χ1v) is 8.91. The first kappa shape index (κ1) is 18.7. The Morgan fingerprint density at radius 3 is 2.33 bits per heavy atom. The van der Waals surface area contributed by atoms with E-state index in [1.807, 2.05) is 50.9 Å². The van der Waals surface area contributed by atoms with E-state index in [0.717, 1.165) is 21.3 Å². The maximum absolute atomic E-state index is 12.7. The number of rotatable bonds is 5. The van der Waals surface area contributed by atoms with E-state index in [0.29, 0.717) is 6.54 Å². The van der Waals surface area contributed by atoms with Gasteiger partial charge in [-0.25, -0.2) is 0 Å². The zero-order valence-electron chi connectivity index (χ0n) is 15.0. The monoisotopic (exact) mass is 388 g/mol. The van der Waals surface area contributed by atoms with Gasteiger partial charge in [0.25, 0.3) is 0 Å². The predicted octanol–water partition coefficient (Wildman–Crippen LogP) is 4.83. The molecule has 0 spiro atoms. The molecule has 1 amide bonds. The lowest BCUT2D eigenvalue weighted by atomic mass is 10.0. The number of benzene rings is 2. The van der Waals surface area contributed by atoms with Crippen molar-refractivity contribution in [2.24, 2.45) is 0 Å². The molecule has 128 valence electrons. The van der Waals surface area contributed by atoms with Gasteiger partial charge in [0.1, 0.15) is 0 Å². The van der Waals surface area contributed by atoms with E-state index in [1.165, 1.54) is 11.1 Å². The van der Waals surface area contributed by atoms with Crippen molar-refractivity contribution in [3.05, 3.63) is 63.1 Å². The fourth-order valence-corrected chi connectivity index (χ4v) is 3.25. The van der Waals surface area contributed by atoms with Gasteiger partial charge in [-0.3, -0.25) is 9.69 Å². The summed E-state index contributed by atoms with van der Waals surface area (Å²) in [6.07, 6.45) is 0.